The molecule has 1 atom stereocenters. The number of rotatable bonds is 5. The van der Waals surface area contributed by atoms with Crippen LogP contribution in [0.4, 0.5) is 0 Å². The van der Waals surface area contributed by atoms with Crippen molar-refractivity contribution in [1.82, 2.24) is 0 Å². The SMILES string of the molecule is NC(N)=NCCCC(N)C(=O)O.O=[N+]([O-])[O-].[Ag+]. The number of nitrogens with two attached hydrogens (primary N) is 3. The van der Waals surface area contributed by atoms with Crippen molar-refractivity contribution < 1.29 is 37.4 Å². The van der Waals surface area contributed by atoms with E-state index >= 15 is 0 Å². The smallest absolute Gasteiger partial charge is 0.480 e. The van der Waals surface area contributed by atoms with Crippen LogP contribution in [0.2, 0.25) is 0 Å². The first-order valence-corrected chi connectivity index (χ1v) is 4.12. The van der Waals surface area contributed by atoms with Crippen molar-refractivity contribution in [2.45, 2.75) is 18.9 Å². The molecule has 0 rings (SSSR count). The molecule has 0 aliphatic heterocycles. The summed E-state index contributed by atoms with van der Waals surface area (Å²) in [6, 6.07) is -0.820. The second kappa shape index (κ2) is 12.7. The summed E-state index contributed by atoms with van der Waals surface area (Å²) in [6.45, 7) is 0.420. The van der Waals surface area contributed by atoms with Crippen LogP contribution in [0.15, 0.2) is 4.99 Å². The van der Waals surface area contributed by atoms with Crippen LogP contribution in [0.5, 0.6) is 0 Å². The Morgan fingerprint density at radius 1 is 1.41 bits per heavy atom. The molecule has 0 fully saturated rings. The molecule has 0 heterocycles. The number of carboxylic acids is 1. The van der Waals surface area contributed by atoms with Gasteiger partial charge in [0.2, 0.25) is 0 Å². The molecule has 0 radical (unpaired) electrons. The van der Waals surface area contributed by atoms with E-state index in [4.69, 9.17) is 37.6 Å². The van der Waals surface area contributed by atoms with Crippen LogP contribution in [0.25, 0.3) is 0 Å². The van der Waals surface area contributed by atoms with Gasteiger partial charge in [0.15, 0.2) is 5.96 Å². The Morgan fingerprint density at radius 3 is 2.12 bits per heavy atom. The number of hydrogen-bond acceptors (Lipinski definition) is 6. The second-order valence-corrected chi connectivity index (χ2v) is 2.62. The zero-order valence-electron chi connectivity index (χ0n) is 8.71. The van der Waals surface area contributed by atoms with Crippen molar-refractivity contribution >= 4 is 11.9 Å². The summed E-state index contributed by atoms with van der Waals surface area (Å²) < 4.78 is 0. The maximum atomic E-state index is 10.2. The van der Waals surface area contributed by atoms with Gasteiger partial charge in [0.1, 0.15) is 6.04 Å². The summed E-state index contributed by atoms with van der Waals surface area (Å²) in [7, 11) is 0. The molecule has 0 saturated heterocycles. The Morgan fingerprint density at radius 2 is 1.82 bits per heavy atom. The molecular formula is C6H14AgN5O5. The van der Waals surface area contributed by atoms with Gasteiger partial charge in [0, 0.05) is 6.54 Å². The number of guanidine groups is 1. The molecule has 0 aliphatic rings. The van der Waals surface area contributed by atoms with E-state index in [2.05, 4.69) is 4.99 Å². The standard InChI is InChI=1S/C6H14N4O2.Ag.NO3/c7-4(5(11)12)2-1-3-10-6(8)9;;2-1(3)4/h4H,1-3,7H2,(H,11,12)(H4,8,9,10);;/q;+1;-1. The molecule has 0 aromatic carbocycles. The fourth-order valence-corrected chi connectivity index (χ4v) is 0.643. The van der Waals surface area contributed by atoms with Gasteiger partial charge in [0.25, 0.3) is 0 Å². The minimum atomic E-state index is -1.75. The van der Waals surface area contributed by atoms with Crippen LogP contribution in [-0.2, 0) is 27.2 Å². The average molecular weight is 344 g/mol. The molecule has 17 heavy (non-hydrogen) atoms. The average Bonchev–Trinajstić information content (AvgIpc) is 2.10. The van der Waals surface area contributed by atoms with Crippen LogP contribution < -0.4 is 17.2 Å². The monoisotopic (exact) mass is 343 g/mol. The minimum absolute atomic E-state index is 0. The Labute approximate surface area is 112 Å². The summed E-state index contributed by atoms with van der Waals surface area (Å²) in [5.74, 6) is -0.987. The zero-order valence-corrected chi connectivity index (χ0v) is 10.2. The predicted molar refractivity (Wildman–Crippen MR) is 55.9 cm³/mol. The van der Waals surface area contributed by atoms with E-state index in [-0.39, 0.29) is 28.3 Å². The largest absolute Gasteiger partial charge is 1.00 e. The number of hydrogen-bond donors (Lipinski definition) is 4. The molecule has 0 bridgehead atoms. The van der Waals surface area contributed by atoms with Gasteiger partial charge in [-0.05, 0) is 12.8 Å². The second-order valence-electron chi connectivity index (χ2n) is 2.62. The maximum Gasteiger partial charge on any atom is 1.00 e. The fourth-order valence-electron chi connectivity index (χ4n) is 0.643. The van der Waals surface area contributed by atoms with Crippen LogP contribution in [-0.4, -0.2) is 34.7 Å². The van der Waals surface area contributed by atoms with Gasteiger partial charge in [-0.2, -0.15) is 0 Å². The number of aliphatic carboxylic acids is 1. The van der Waals surface area contributed by atoms with Crippen LogP contribution >= 0.6 is 0 Å². The Bertz CT molecular complexity index is 253. The van der Waals surface area contributed by atoms with E-state index in [1.807, 2.05) is 0 Å². The first-order chi connectivity index (χ1) is 7.27. The quantitative estimate of drug-likeness (QED) is 0.112. The summed E-state index contributed by atoms with van der Waals surface area (Å²) in [5, 5.41) is 23.1. The van der Waals surface area contributed by atoms with E-state index in [1.165, 1.54) is 0 Å². The number of carboxylic acid groups (broad SMARTS) is 1. The molecule has 0 aromatic heterocycles. The topological polar surface area (TPSA) is 194 Å². The Hall–Kier alpha value is -1.36. The van der Waals surface area contributed by atoms with Gasteiger partial charge in [0.05, 0.1) is 5.09 Å². The molecule has 0 spiro atoms. The van der Waals surface area contributed by atoms with E-state index < -0.39 is 17.1 Å². The molecular weight excluding hydrogens is 330 g/mol. The molecule has 0 aromatic rings. The van der Waals surface area contributed by atoms with Crippen LogP contribution in [0.3, 0.4) is 0 Å². The normalized spacial score (nSPS) is 9.94. The number of nitrogens with zero attached hydrogens (tertiary/aromatic N) is 2. The van der Waals surface area contributed by atoms with E-state index in [0.717, 1.165) is 0 Å². The molecule has 0 aliphatic carbocycles. The molecule has 104 valence electrons. The Kier molecular flexibility index (Phi) is 15.7. The fraction of sp³-hybridized carbons (Fsp3) is 0.667. The van der Waals surface area contributed by atoms with Gasteiger partial charge in [-0.3, -0.25) is 9.79 Å². The third kappa shape index (κ3) is 25.2. The van der Waals surface area contributed by atoms with Crippen LogP contribution in [0, 0.1) is 15.3 Å². The minimum Gasteiger partial charge on any atom is -0.480 e. The molecule has 0 amide bonds. The van der Waals surface area contributed by atoms with E-state index in [1.54, 1.807) is 0 Å². The van der Waals surface area contributed by atoms with Crippen LogP contribution in [0.1, 0.15) is 12.8 Å². The van der Waals surface area contributed by atoms with E-state index in [9.17, 15) is 4.79 Å². The zero-order chi connectivity index (χ0) is 13.1. The molecule has 0 saturated carbocycles. The first-order valence-electron chi connectivity index (χ1n) is 4.12. The van der Waals surface area contributed by atoms with Crippen molar-refractivity contribution in [1.29, 1.82) is 0 Å². The van der Waals surface area contributed by atoms with Gasteiger partial charge >= 0.3 is 28.3 Å². The summed E-state index contributed by atoms with van der Waals surface area (Å²) >= 11 is 0. The molecule has 11 heteroatoms. The third-order valence-corrected chi connectivity index (χ3v) is 1.28. The van der Waals surface area contributed by atoms with Crippen molar-refractivity contribution in [3.63, 3.8) is 0 Å². The van der Waals surface area contributed by atoms with Crippen molar-refractivity contribution in [2.24, 2.45) is 22.2 Å². The van der Waals surface area contributed by atoms with Gasteiger partial charge in [-0.1, -0.05) is 0 Å². The summed E-state index contributed by atoms with van der Waals surface area (Å²) in [4.78, 5) is 22.1. The Balaban J connectivity index is -0.000000340. The van der Waals surface area contributed by atoms with Gasteiger partial charge in [-0.15, -0.1) is 0 Å². The number of carbonyl (C=O) groups is 1. The van der Waals surface area contributed by atoms with Crippen molar-refractivity contribution in [2.75, 3.05) is 6.54 Å². The predicted octanol–water partition coefficient (Wildman–Crippen LogP) is -1.79. The summed E-state index contributed by atoms with van der Waals surface area (Å²) in [6.07, 6.45) is 0.956. The number of aliphatic imine (C=N–C) groups is 1. The molecule has 7 N–H and O–H groups in total. The molecule has 1 unspecified atom stereocenters. The molecule has 10 nitrogen and oxygen atoms in total. The summed E-state index contributed by atoms with van der Waals surface area (Å²) in [5.41, 5.74) is 15.3. The van der Waals surface area contributed by atoms with Gasteiger partial charge in [-0.25, -0.2) is 0 Å². The third-order valence-electron chi connectivity index (χ3n) is 1.28. The maximum absolute atomic E-state index is 10.2. The van der Waals surface area contributed by atoms with E-state index in [0.29, 0.717) is 19.4 Å². The van der Waals surface area contributed by atoms with Crippen molar-refractivity contribution in [3.05, 3.63) is 15.3 Å². The first kappa shape index (κ1) is 21.0. The van der Waals surface area contributed by atoms with Crippen molar-refractivity contribution in [3.8, 4) is 0 Å². The van der Waals surface area contributed by atoms with Gasteiger partial charge < -0.3 is 37.6 Å².